The van der Waals surface area contributed by atoms with Crippen molar-refractivity contribution in [2.45, 2.75) is 6.92 Å². The summed E-state index contributed by atoms with van der Waals surface area (Å²) in [6.07, 6.45) is 4.40. The molecule has 1 aliphatic heterocycles. The molecule has 4 aromatic rings. The second-order valence-corrected chi connectivity index (χ2v) is 8.85. The molecule has 0 radical (unpaired) electrons. The van der Waals surface area contributed by atoms with E-state index in [0.717, 1.165) is 39.3 Å². The van der Waals surface area contributed by atoms with E-state index in [0.29, 0.717) is 32.0 Å². The summed E-state index contributed by atoms with van der Waals surface area (Å²) in [6.45, 7) is 4.27. The van der Waals surface area contributed by atoms with Gasteiger partial charge in [-0.3, -0.25) is 4.98 Å². The summed E-state index contributed by atoms with van der Waals surface area (Å²) in [5, 5.41) is 8.21. The van der Waals surface area contributed by atoms with Crippen LogP contribution in [-0.4, -0.2) is 47.5 Å². The van der Waals surface area contributed by atoms with Gasteiger partial charge in [0.1, 0.15) is 0 Å². The number of anilines is 4. The lowest BCUT2D eigenvalue weighted by atomic mass is 10.0. The molecular weight excluding hydrogens is 493 g/mol. The molecule has 0 bridgehead atoms. The number of nitrogens with one attached hydrogen (secondary N) is 2. The smallest absolute Gasteiger partial charge is 0.245 e. The van der Waals surface area contributed by atoms with Gasteiger partial charge >= 0.3 is 0 Å². The molecule has 0 unspecified atom stereocenters. The van der Waals surface area contributed by atoms with E-state index in [1.54, 1.807) is 12.4 Å². The van der Waals surface area contributed by atoms with Crippen LogP contribution < -0.4 is 15.6 Å². The SMILES string of the molecule is Cc1cccc(Cl)c1-c1ccc(Nc2ccc(/C=N/Nc3ncc(F)c(N4CCOCC4)n3)nc2)cc1. The quantitative estimate of drug-likeness (QED) is 0.241. The van der Waals surface area contributed by atoms with Crippen LogP contribution in [0.5, 0.6) is 0 Å². The number of ether oxygens (including phenoxy) is 1. The fraction of sp³-hybridized carbons (Fsp3) is 0.185. The van der Waals surface area contributed by atoms with Crippen LogP contribution in [0.4, 0.5) is 27.5 Å². The molecule has 0 spiro atoms. The van der Waals surface area contributed by atoms with Crippen molar-refractivity contribution in [2.24, 2.45) is 5.10 Å². The Hall–Kier alpha value is -4.08. The molecule has 1 fully saturated rings. The van der Waals surface area contributed by atoms with Crippen LogP contribution in [0, 0.1) is 12.7 Å². The Bertz CT molecular complexity index is 1370. The number of rotatable bonds is 7. The van der Waals surface area contributed by atoms with Crippen molar-refractivity contribution in [3.05, 3.63) is 89.1 Å². The first-order valence-electron chi connectivity index (χ1n) is 11.8. The minimum atomic E-state index is -0.477. The molecule has 10 heteroatoms. The number of nitrogens with zero attached hydrogens (tertiary/aromatic N) is 5. The van der Waals surface area contributed by atoms with E-state index in [4.69, 9.17) is 16.3 Å². The summed E-state index contributed by atoms with van der Waals surface area (Å²) < 4.78 is 19.5. The summed E-state index contributed by atoms with van der Waals surface area (Å²) >= 11 is 6.40. The fourth-order valence-corrected chi connectivity index (χ4v) is 4.34. The Morgan fingerprint density at radius 2 is 1.78 bits per heavy atom. The van der Waals surface area contributed by atoms with Gasteiger partial charge < -0.3 is 15.0 Å². The van der Waals surface area contributed by atoms with Gasteiger partial charge in [-0.25, -0.2) is 14.8 Å². The number of aromatic nitrogens is 3. The lowest BCUT2D eigenvalue weighted by molar-refractivity contribution is 0.122. The van der Waals surface area contributed by atoms with Crippen molar-refractivity contribution < 1.29 is 9.13 Å². The third kappa shape index (κ3) is 6.02. The Kier molecular flexibility index (Phi) is 7.53. The molecule has 2 aromatic carbocycles. The van der Waals surface area contributed by atoms with Crippen LogP contribution in [0.2, 0.25) is 5.02 Å². The van der Waals surface area contributed by atoms with E-state index in [2.05, 4.69) is 43.8 Å². The molecule has 1 saturated heterocycles. The van der Waals surface area contributed by atoms with Crippen LogP contribution in [-0.2, 0) is 4.74 Å². The van der Waals surface area contributed by atoms with E-state index in [-0.39, 0.29) is 11.8 Å². The minimum Gasteiger partial charge on any atom is -0.378 e. The molecule has 0 saturated carbocycles. The summed E-state index contributed by atoms with van der Waals surface area (Å²) in [5.41, 5.74) is 8.38. The van der Waals surface area contributed by atoms with Crippen molar-refractivity contribution >= 4 is 41.0 Å². The van der Waals surface area contributed by atoms with Gasteiger partial charge in [-0.05, 0) is 48.4 Å². The molecule has 1 aliphatic rings. The number of morpholine rings is 1. The third-order valence-electron chi connectivity index (χ3n) is 5.87. The second-order valence-electron chi connectivity index (χ2n) is 8.44. The van der Waals surface area contributed by atoms with Crippen LogP contribution in [0.3, 0.4) is 0 Å². The second kappa shape index (κ2) is 11.3. The highest BCUT2D eigenvalue weighted by molar-refractivity contribution is 6.33. The zero-order chi connectivity index (χ0) is 25.6. The minimum absolute atomic E-state index is 0.202. The van der Waals surface area contributed by atoms with Crippen molar-refractivity contribution in [3.8, 4) is 11.1 Å². The number of halogens is 2. The van der Waals surface area contributed by atoms with Gasteiger partial charge in [0, 0.05) is 29.4 Å². The van der Waals surface area contributed by atoms with Crippen molar-refractivity contribution in [1.82, 2.24) is 15.0 Å². The number of hydrogen-bond donors (Lipinski definition) is 2. The Balaban J connectivity index is 1.19. The van der Waals surface area contributed by atoms with E-state index in [9.17, 15) is 4.39 Å². The van der Waals surface area contributed by atoms with Crippen molar-refractivity contribution in [2.75, 3.05) is 41.9 Å². The lowest BCUT2D eigenvalue weighted by Crippen LogP contribution is -2.37. The average Bonchev–Trinajstić information content (AvgIpc) is 2.92. The maximum Gasteiger partial charge on any atom is 0.245 e. The molecule has 2 N–H and O–H groups in total. The topological polar surface area (TPSA) is 87.6 Å². The highest BCUT2D eigenvalue weighted by atomic mass is 35.5. The maximum absolute atomic E-state index is 14.2. The zero-order valence-corrected chi connectivity index (χ0v) is 20.9. The maximum atomic E-state index is 14.2. The van der Waals surface area contributed by atoms with Gasteiger partial charge in [0.05, 0.1) is 43.2 Å². The standard InChI is InChI=1S/C27H25ClFN7O/c1-18-3-2-4-23(28)25(18)19-5-7-20(8-6-19)33-22-10-9-21(30-15-22)16-32-35-27-31-17-24(29)26(34-27)36-11-13-37-14-12-36/h2-10,15-17,33H,11-14H2,1H3,(H,31,34,35)/b32-16+. The van der Waals surface area contributed by atoms with Gasteiger partial charge in [0.25, 0.3) is 0 Å². The molecular formula is C27H25ClFN7O. The number of aryl methyl sites for hydroxylation is 1. The number of hydrogen-bond acceptors (Lipinski definition) is 8. The Morgan fingerprint density at radius 3 is 2.51 bits per heavy atom. The van der Waals surface area contributed by atoms with E-state index < -0.39 is 5.82 Å². The molecule has 2 aromatic heterocycles. The monoisotopic (exact) mass is 517 g/mol. The molecule has 0 aliphatic carbocycles. The molecule has 37 heavy (non-hydrogen) atoms. The van der Waals surface area contributed by atoms with Crippen LogP contribution >= 0.6 is 11.6 Å². The Labute approximate surface area is 219 Å². The first kappa shape index (κ1) is 24.6. The molecule has 0 atom stereocenters. The van der Waals surface area contributed by atoms with Gasteiger partial charge in [-0.15, -0.1) is 0 Å². The van der Waals surface area contributed by atoms with Crippen LogP contribution in [0.25, 0.3) is 11.1 Å². The normalized spacial score (nSPS) is 13.6. The summed E-state index contributed by atoms with van der Waals surface area (Å²) in [4.78, 5) is 14.4. The van der Waals surface area contributed by atoms with E-state index in [1.165, 1.54) is 0 Å². The molecule has 8 nitrogen and oxygen atoms in total. The van der Waals surface area contributed by atoms with E-state index in [1.807, 2.05) is 53.4 Å². The first-order valence-corrected chi connectivity index (χ1v) is 12.2. The van der Waals surface area contributed by atoms with Crippen LogP contribution in [0.15, 0.2) is 72.1 Å². The summed E-state index contributed by atoms with van der Waals surface area (Å²) in [5.74, 6) is -0.0396. The average molecular weight is 518 g/mol. The van der Waals surface area contributed by atoms with Gasteiger partial charge in [0.15, 0.2) is 11.6 Å². The van der Waals surface area contributed by atoms with Gasteiger partial charge in [0.2, 0.25) is 5.95 Å². The predicted octanol–water partition coefficient (Wildman–Crippen LogP) is 5.67. The largest absolute Gasteiger partial charge is 0.378 e. The highest BCUT2D eigenvalue weighted by Gasteiger charge is 2.17. The third-order valence-corrected chi connectivity index (χ3v) is 6.18. The zero-order valence-electron chi connectivity index (χ0n) is 20.2. The van der Waals surface area contributed by atoms with Gasteiger partial charge in [-0.2, -0.15) is 10.1 Å². The summed E-state index contributed by atoms with van der Waals surface area (Å²) in [6, 6.07) is 17.7. The molecule has 188 valence electrons. The molecule has 5 rings (SSSR count). The van der Waals surface area contributed by atoms with Crippen molar-refractivity contribution in [3.63, 3.8) is 0 Å². The number of benzene rings is 2. The number of hydrazone groups is 1. The van der Waals surface area contributed by atoms with E-state index >= 15 is 0 Å². The fourth-order valence-electron chi connectivity index (χ4n) is 4.01. The number of pyridine rings is 1. The molecule has 3 heterocycles. The molecule has 0 amide bonds. The summed E-state index contributed by atoms with van der Waals surface area (Å²) in [7, 11) is 0. The first-order chi connectivity index (χ1) is 18.1. The predicted molar refractivity (Wildman–Crippen MR) is 145 cm³/mol. The van der Waals surface area contributed by atoms with Crippen molar-refractivity contribution in [1.29, 1.82) is 0 Å². The lowest BCUT2D eigenvalue weighted by Gasteiger charge is -2.27. The van der Waals surface area contributed by atoms with Crippen LogP contribution in [0.1, 0.15) is 11.3 Å². The Morgan fingerprint density at radius 1 is 1.00 bits per heavy atom. The highest BCUT2D eigenvalue weighted by Crippen LogP contribution is 2.32. The van der Waals surface area contributed by atoms with Gasteiger partial charge in [-0.1, -0.05) is 35.9 Å².